The number of anilines is 1. The number of amides is 1. The van der Waals surface area contributed by atoms with E-state index < -0.39 is 0 Å². The molecule has 0 aliphatic carbocycles. The molecule has 1 aliphatic rings. The van der Waals surface area contributed by atoms with Gasteiger partial charge in [-0.2, -0.15) is 0 Å². The number of thiazole rings is 1. The van der Waals surface area contributed by atoms with Crippen LogP contribution in [0, 0.1) is 0 Å². The summed E-state index contributed by atoms with van der Waals surface area (Å²) in [4.78, 5) is 22.9. The molecule has 0 N–H and O–H groups in total. The predicted molar refractivity (Wildman–Crippen MR) is 135 cm³/mol. The van der Waals surface area contributed by atoms with Crippen LogP contribution in [-0.2, 0) is 11.2 Å². The van der Waals surface area contributed by atoms with Crippen LogP contribution < -0.4 is 14.4 Å². The Balaban J connectivity index is 1.19. The number of imidazole rings is 1. The summed E-state index contributed by atoms with van der Waals surface area (Å²) in [7, 11) is 3.36. The predicted octanol–water partition coefficient (Wildman–Crippen LogP) is 4.36. The zero-order valence-electron chi connectivity index (χ0n) is 19.4. The van der Waals surface area contributed by atoms with Crippen LogP contribution in [0.2, 0.25) is 0 Å². The van der Waals surface area contributed by atoms with E-state index in [1.165, 1.54) is 0 Å². The van der Waals surface area contributed by atoms with Gasteiger partial charge in [0.05, 0.1) is 25.6 Å². The summed E-state index contributed by atoms with van der Waals surface area (Å²) in [6.45, 7) is 3.06. The number of benzene rings is 2. The minimum Gasteiger partial charge on any atom is -0.497 e. The second kappa shape index (κ2) is 9.77. The van der Waals surface area contributed by atoms with Gasteiger partial charge in [0.15, 0.2) is 4.96 Å². The number of hydrogen-bond acceptors (Lipinski definition) is 6. The first-order valence-electron chi connectivity index (χ1n) is 11.4. The van der Waals surface area contributed by atoms with Crippen LogP contribution >= 0.6 is 11.3 Å². The monoisotopic (exact) mass is 476 g/mol. The lowest BCUT2D eigenvalue weighted by molar-refractivity contribution is -0.131. The molecular weight excluding hydrogens is 448 g/mol. The highest BCUT2D eigenvalue weighted by atomic mass is 32.1. The largest absolute Gasteiger partial charge is 0.497 e. The van der Waals surface area contributed by atoms with Gasteiger partial charge in [0.25, 0.3) is 0 Å². The minimum atomic E-state index is 0.203. The van der Waals surface area contributed by atoms with Crippen LogP contribution in [0.25, 0.3) is 16.2 Å². The molecular formula is C26H28N4O3S. The van der Waals surface area contributed by atoms with Crippen molar-refractivity contribution in [3.63, 3.8) is 0 Å². The Morgan fingerprint density at radius 1 is 1.00 bits per heavy atom. The lowest BCUT2D eigenvalue weighted by atomic mass is 10.1. The molecule has 0 atom stereocenters. The normalized spacial score (nSPS) is 13.9. The van der Waals surface area contributed by atoms with Gasteiger partial charge >= 0.3 is 0 Å². The lowest BCUT2D eigenvalue weighted by Gasteiger charge is -2.36. The molecule has 0 unspecified atom stereocenters. The first-order chi connectivity index (χ1) is 16.7. The summed E-state index contributed by atoms with van der Waals surface area (Å²) in [6.07, 6.45) is 3.25. The highest BCUT2D eigenvalue weighted by molar-refractivity contribution is 7.15. The number of methoxy groups -OCH3 is 2. The van der Waals surface area contributed by atoms with Crippen LogP contribution in [0.15, 0.2) is 60.1 Å². The number of fused-ring (bicyclic) bond motifs is 1. The van der Waals surface area contributed by atoms with E-state index in [0.717, 1.165) is 65.3 Å². The van der Waals surface area contributed by atoms with Crippen molar-refractivity contribution in [2.45, 2.75) is 12.8 Å². The molecule has 0 saturated carbocycles. The number of ether oxygens (including phenoxy) is 2. The van der Waals surface area contributed by atoms with Crippen LogP contribution in [0.3, 0.4) is 0 Å². The molecule has 7 nitrogen and oxygen atoms in total. The number of piperazine rings is 1. The quantitative estimate of drug-likeness (QED) is 0.397. The van der Waals surface area contributed by atoms with Crippen molar-refractivity contribution in [3.05, 3.63) is 65.8 Å². The van der Waals surface area contributed by atoms with E-state index >= 15 is 0 Å². The van der Waals surface area contributed by atoms with Crippen molar-refractivity contribution in [1.29, 1.82) is 0 Å². The van der Waals surface area contributed by atoms with Crippen LogP contribution in [0.4, 0.5) is 5.69 Å². The Morgan fingerprint density at radius 2 is 1.76 bits per heavy atom. The van der Waals surface area contributed by atoms with E-state index in [4.69, 9.17) is 14.5 Å². The van der Waals surface area contributed by atoms with Gasteiger partial charge in [-0.05, 0) is 42.8 Å². The van der Waals surface area contributed by atoms with E-state index in [0.29, 0.717) is 12.8 Å². The highest BCUT2D eigenvalue weighted by Gasteiger charge is 2.23. The zero-order chi connectivity index (χ0) is 23.5. The lowest BCUT2D eigenvalue weighted by Crippen LogP contribution is -2.49. The summed E-state index contributed by atoms with van der Waals surface area (Å²) in [6, 6.07) is 16.0. The van der Waals surface area contributed by atoms with Crippen LogP contribution in [-0.4, -0.2) is 60.6 Å². The van der Waals surface area contributed by atoms with E-state index in [2.05, 4.69) is 26.9 Å². The molecule has 2 aromatic carbocycles. The number of nitrogens with zero attached hydrogens (tertiary/aromatic N) is 4. The first kappa shape index (κ1) is 22.3. The molecule has 1 amide bonds. The van der Waals surface area contributed by atoms with Gasteiger partial charge in [-0.1, -0.05) is 12.1 Å². The molecule has 0 radical (unpaired) electrons. The number of carbonyl (C=O) groups is 1. The third kappa shape index (κ3) is 4.46. The molecule has 2 aromatic heterocycles. The van der Waals surface area contributed by atoms with Crippen molar-refractivity contribution < 1.29 is 14.3 Å². The highest BCUT2D eigenvalue weighted by Crippen LogP contribution is 2.29. The first-order valence-corrected chi connectivity index (χ1v) is 12.3. The summed E-state index contributed by atoms with van der Waals surface area (Å²) >= 11 is 1.61. The topological polar surface area (TPSA) is 59.3 Å². The van der Waals surface area contributed by atoms with Gasteiger partial charge in [0, 0.05) is 55.4 Å². The second-order valence-corrected chi connectivity index (χ2v) is 9.11. The average Bonchev–Trinajstić information content (AvgIpc) is 3.49. The molecule has 0 spiro atoms. The summed E-state index contributed by atoms with van der Waals surface area (Å²) in [5.74, 6) is 1.90. The van der Waals surface area contributed by atoms with E-state index in [1.807, 2.05) is 47.4 Å². The SMILES string of the molecule is COc1ccc(-c2cn3c(CCC(=O)N4CCN(c5ccccc5OC)CC4)csc3n2)cc1. The van der Waals surface area contributed by atoms with Gasteiger partial charge < -0.3 is 19.3 Å². The number of hydrogen-bond donors (Lipinski definition) is 0. The van der Waals surface area contributed by atoms with E-state index in [1.54, 1.807) is 25.6 Å². The Kier molecular flexibility index (Phi) is 6.40. The number of carbonyl (C=O) groups excluding carboxylic acids is 1. The van der Waals surface area contributed by atoms with Crippen molar-refractivity contribution in [2.75, 3.05) is 45.3 Å². The smallest absolute Gasteiger partial charge is 0.223 e. The standard InChI is InChI=1S/C26H28N4O3S/c1-32-21-10-7-19(8-11-21)22-17-30-20(18-34-26(30)27-22)9-12-25(31)29-15-13-28(14-16-29)23-5-3-4-6-24(23)33-2/h3-8,10-11,17-18H,9,12-16H2,1-2H3. The molecule has 176 valence electrons. The van der Waals surface area contributed by atoms with Crippen LogP contribution in [0.5, 0.6) is 11.5 Å². The van der Waals surface area contributed by atoms with Gasteiger partial charge in [0.1, 0.15) is 11.5 Å². The molecule has 1 aliphatic heterocycles. The summed E-state index contributed by atoms with van der Waals surface area (Å²) in [5.41, 5.74) is 4.18. The Morgan fingerprint density at radius 3 is 2.50 bits per heavy atom. The van der Waals surface area contributed by atoms with Crippen molar-refractivity contribution >= 4 is 27.9 Å². The molecule has 8 heteroatoms. The van der Waals surface area contributed by atoms with Crippen molar-refractivity contribution in [3.8, 4) is 22.8 Å². The Labute approximate surface area is 203 Å². The fourth-order valence-electron chi connectivity index (χ4n) is 4.39. The Hall–Kier alpha value is -3.52. The van der Waals surface area contributed by atoms with Gasteiger partial charge in [0.2, 0.25) is 5.91 Å². The maximum atomic E-state index is 12.9. The third-order valence-electron chi connectivity index (χ3n) is 6.32. The van der Waals surface area contributed by atoms with Crippen molar-refractivity contribution in [2.24, 2.45) is 0 Å². The molecule has 5 rings (SSSR count). The summed E-state index contributed by atoms with van der Waals surface area (Å²) < 4.78 is 12.8. The fourth-order valence-corrected chi connectivity index (χ4v) is 5.30. The van der Waals surface area contributed by atoms with E-state index in [9.17, 15) is 4.79 Å². The third-order valence-corrected chi connectivity index (χ3v) is 7.21. The number of para-hydroxylation sites is 2. The van der Waals surface area contributed by atoms with Gasteiger partial charge in [-0.3, -0.25) is 9.20 Å². The van der Waals surface area contributed by atoms with Crippen molar-refractivity contribution in [1.82, 2.24) is 14.3 Å². The molecule has 3 heterocycles. The van der Waals surface area contributed by atoms with Crippen LogP contribution in [0.1, 0.15) is 12.1 Å². The maximum absolute atomic E-state index is 12.9. The molecule has 0 bridgehead atoms. The summed E-state index contributed by atoms with van der Waals surface area (Å²) in [5, 5.41) is 2.10. The number of rotatable bonds is 7. The molecule has 1 saturated heterocycles. The average molecular weight is 477 g/mol. The minimum absolute atomic E-state index is 0.203. The molecule has 4 aromatic rings. The molecule has 1 fully saturated rings. The van der Waals surface area contributed by atoms with Gasteiger partial charge in [-0.15, -0.1) is 11.3 Å². The maximum Gasteiger partial charge on any atom is 0.223 e. The zero-order valence-corrected chi connectivity index (χ0v) is 20.3. The Bertz CT molecular complexity index is 1270. The number of aromatic nitrogens is 2. The second-order valence-electron chi connectivity index (χ2n) is 8.27. The van der Waals surface area contributed by atoms with E-state index in [-0.39, 0.29) is 5.91 Å². The molecule has 34 heavy (non-hydrogen) atoms. The number of aryl methyl sites for hydroxylation is 1. The fraction of sp³-hybridized carbons (Fsp3) is 0.308. The van der Waals surface area contributed by atoms with Gasteiger partial charge in [-0.25, -0.2) is 4.98 Å².